The molecule has 0 fully saturated rings. The highest BCUT2D eigenvalue weighted by Gasteiger charge is 2.25. The van der Waals surface area contributed by atoms with Crippen LogP contribution >= 0.6 is 0 Å². The van der Waals surface area contributed by atoms with E-state index in [1.54, 1.807) is 7.11 Å². The molecular formula is C22H20N4O. The number of hydrogen-bond donors (Lipinski definition) is 0. The molecule has 0 spiro atoms. The first-order chi connectivity index (χ1) is 13.2. The molecule has 0 saturated carbocycles. The lowest BCUT2D eigenvalue weighted by molar-refractivity contribution is 0.415. The lowest BCUT2D eigenvalue weighted by Crippen LogP contribution is -1.95. The standard InChI is InChI=1S/C22H20N4O/c1-14-5-3-6-18(24-14)22-21(20-7-4-12-26(20)25-22)17-10-11-23-19-13-15(27-2)8-9-16(17)19/h3,5-6,8-11,13H,4,7,12H2,1-2H3. The van der Waals surface area contributed by atoms with Crippen molar-refractivity contribution in [2.75, 3.05) is 7.11 Å². The van der Waals surface area contributed by atoms with E-state index >= 15 is 0 Å². The number of methoxy groups -OCH3 is 1. The largest absolute Gasteiger partial charge is 0.497 e. The number of hydrogen-bond acceptors (Lipinski definition) is 4. The van der Waals surface area contributed by atoms with Gasteiger partial charge in [0.1, 0.15) is 11.4 Å². The second-order valence-electron chi connectivity index (χ2n) is 6.90. The van der Waals surface area contributed by atoms with Crippen molar-refractivity contribution in [2.24, 2.45) is 0 Å². The smallest absolute Gasteiger partial charge is 0.121 e. The highest BCUT2D eigenvalue weighted by Crippen LogP contribution is 2.40. The van der Waals surface area contributed by atoms with Crippen LogP contribution in [-0.4, -0.2) is 26.9 Å². The third kappa shape index (κ3) is 2.58. The molecule has 3 aromatic heterocycles. The molecule has 0 amide bonds. The van der Waals surface area contributed by atoms with Crippen molar-refractivity contribution < 1.29 is 4.74 Å². The molecule has 134 valence electrons. The molecule has 27 heavy (non-hydrogen) atoms. The third-order valence-corrected chi connectivity index (χ3v) is 5.19. The first-order valence-corrected chi connectivity index (χ1v) is 9.21. The number of rotatable bonds is 3. The zero-order valence-corrected chi connectivity index (χ0v) is 15.4. The molecule has 4 aromatic rings. The minimum absolute atomic E-state index is 0.813. The molecule has 0 atom stereocenters. The van der Waals surface area contributed by atoms with Crippen molar-refractivity contribution in [3.63, 3.8) is 0 Å². The summed E-state index contributed by atoms with van der Waals surface area (Å²) in [6, 6.07) is 14.2. The van der Waals surface area contributed by atoms with Gasteiger partial charge in [0.05, 0.1) is 18.3 Å². The summed E-state index contributed by atoms with van der Waals surface area (Å²) in [5, 5.41) is 6.03. The second kappa shape index (κ2) is 6.20. The normalized spacial score (nSPS) is 13.1. The summed E-state index contributed by atoms with van der Waals surface area (Å²) in [5.41, 5.74) is 7.43. The highest BCUT2D eigenvalue weighted by molar-refractivity contribution is 5.99. The predicted octanol–water partition coefficient (Wildman–Crippen LogP) is 4.42. The molecule has 0 aliphatic carbocycles. The maximum absolute atomic E-state index is 5.37. The summed E-state index contributed by atoms with van der Waals surface area (Å²) in [5.74, 6) is 0.813. The van der Waals surface area contributed by atoms with E-state index in [-0.39, 0.29) is 0 Å². The molecule has 0 radical (unpaired) electrons. The SMILES string of the molecule is COc1ccc2c(-c3c(-c4cccc(C)n4)nn4c3CCC4)ccnc2c1. The molecule has 0 N–H and O–H groups in total. The fraction of sp³-hybridized carbons (Fsp3) is 0.227. The van der Waals surface area contributed by atoms with Crippen molar-refractivity contribution in [2.45, 2.75) is 26.3 Å². The van der Waals surface area contributed by atoms with Gasteiger partial charge in [-0.2, -0.15) is 5.10 Å². The Morgan fingerprint density at radius 3 is 2.89 bits per heavy atom. The number of benzene rings is 1. The summed E-state index contributed by atoms with van der Waals surface area (Å²) in [4.78, 5) is 9.29. The van der Waals surface area contributed by atoms with Crippen LogP contribution in [0.4, 0.5) is 0 Å². The highest BCUT2D eigenvalue weighted by atomic mass is 16.5. The van der Waals surface area contributed by atoms with Gasteiger partial charge in [0.2, 0.25) is 0 Å². The van der Waals surface area contributed by atoms with Gasteiger partial charge in [-0.05, 0) is 55.7 Å². The fourth-order valence-electron chi connectivity index (χ4n) is 3.94. The summed E-state index contributed by atoms with van der Waals surface area (Å²) in [6.07, 6.45) is 4.03. The topological polar surface area (TPSA) is 52.8 Å². The summed E-state index contributed by atoms with van der Waals surface area (Å²) < 4.78 is 7.51. The van der Waals surface area contributed by atoms with Crippen LogP contribution in [-0.2, 0) is 13.0 Å². The molecule has 0 saturated heterocycles. The zero-order valence-electron chi connectivity index (χ0n) is 15.4. The Morgan fingerprint density at radius 2 is 2.04 bits per heavy atom. The summed E-state index contributed by atoms with van der Waals surface area (Å²) >= 11 is 0. The Morgan fingerprint density at radius 1 is 1.11 bits per heavy atom. The Bertz CT molecular complexity index is 1160. The molecule has 5 rings (SSSR count). The van der Waals surface area contributed by atoms with E-state index in [1.807, 2.05) is 43.5 Å². The monoisotopic (exact) mass is 356 g/mol. The first-order valence-electron chi connectivity index (χ1n) is 9.21. The van der Waals surface area contributed by atoms with Crippen molar-refractivity contribution >= 4 is 10.9 Å². The van der Waals surface area contributed by atoms with E-state index in [0.717, 1.165) is 58.7 Å². The maximum atomic E-state index is 5.37. The van der Waals surface area contributed by atoms with Crippen molar-refractivity contribution in [1.29, 1.82) is 0 Å². The van der Waals surface area contributed by atoms with E-state index < -0.39 is 0 Å². The Hall–Kier alpha value is -3.21. The number of fused-ring (bicyclic) bond motifs is 2. The third-order valence-electron chi connectivity index (χ3n) is 5.19. The van der Waals surface area contributed by atoms with Gasteiger partial charge in [-0.15, -0.1) is 0 Å². The molecule has 1 aliphatic rings. The number of aryl methyl sites for hydroxylation is 2. The molecule has 5 heteroatoms. The van der Waals surface area contributed by atoms with Crippen LogP contribution in [0.25, 0.3) is 33.4 Å². The molecule has 0 unspecified atom stereocenters. The van der Waals surface area contributed by atoms with Crippen LogP contribution in [0.5, 0.6) is 5.75 Å². The predicted molar refractivity (Wildman–Crippen MR) is 106 cm³/mol. The van der Waals surface area contributed by atoms with Crippen LogP contribution in [0, 0.1) is 6.92 Å². The molecule has 1 aromatic carbocycles. The first kappa shape index (κ1) is 16.0. The lowest BCUT2D eigenvalue weighted by atomic mass is 9.96. The van der Waals surface area contributed by atoms with E-state index in [9.17, 15) is 0 Å². The average molecular weight is 356 g/mol. The quantitative estimate of drug-likeness (QED) is 0.545. The molecule has 5 nitrogen and oxygen atoms in total. The van der Waals surface area contributed by atoms with Gasteiger partial charge in [0, 0.05) is 41.1 Å². The number of ether oxygens (including phenoxy) is 1. The maximum Gasteiger partial charge on any atom is 0.121 e. The van der Waals surface area contributed by atoms with Gasteiger partial charge in [-0.1, -0.05) is 6.07 Å². The summed E-state index contributed by atoms with van der Waals surface area (Å²) in [6.45, 7) is 2.98. The molecular weight excluding hydrogens is 336 g/mol. The van der Waals surface area contributed by atoms with Crippen LogP contribution in [0.3, 0.4) is 0 Å². The van der Waals surface area contributed by atoms with Crippen molar-refractivity contribution in [3.05, 3.63) is 60.0 Å². The van der Waals surface area contributed by atoms with Crippen molar-refractivity contribution in [3.8, 4) is 28.3 Å². The van der Waals surface area contributed by atoms with Gasteiger partial charge < -0.3 is 4.74 Å². The van der Waals surface area contributed by atoms with Crippen molar-refractivity contribution in [1.82, 2.24) is 19.7 Å². The number of nitrogens with zero attached hydrogens (tertiary/aromatic N) is 4. The Balaban J connectivity index is 1.80. The summed E-state index contributed by atoms with van der Waals surface area (Å²) in [7, 11) is 1.68. The van der Waals surface area contributed by atoms with E-state index in [4.69, 9.17) is 14.8 Å². The van der Waals surface area contributed by atoms with Gasteiger partial charge >= 0.3 is 0 Å². The molecule has 4 heterocycles. The van der Waals surface area contributed by atoms with Gasteiger partial charge in [0.25, 0.3) is 0 Å². The molecule has 1 aliphatic heterocycles. The van der Waals surface area contributed by atoms with Crippen LogP contribution in [0.15, 0.2) is 48.7 Å². The minimum Gasteiger partial charge on any atom is -0.497 e. The van der Waals surface area contributed by atoms with Gasteiger partial charge in [0.15, 0.2) is 0 Å². The van der Waals surface area contributed by atoms with Gasteiger partial charge in [-0.25, -0.2) is 0 Å². The van der Waals surface area contributed by atoms with E-state index in [1.165, 1.54) is 11.3 Å². The van der Waals surface area contributed by atoms with Crippen LogP contribution in [0.2, 0.25) is 0 Å². The van der Waals surface area contributed by atoms with Gasteiger partial charge in [-0.3, -0.25) is 14.6 Å². The van der Waals surface area contributed by atoms with E-state index in [0.29, 0.717) is 0 Å². The Kier molecular flexibility index (Phi) is 3.67. The lowest BCUT2D eigenvalue weighted by Gasteiger charge is -2.10. The minimum atomic E-state index is 0.813. The number of pyridine rings is 2. The molecule has 0 bridgehead atoms. The van der Waals surface area contributed by atoms with E-state index in [2.05, 4.69) is 21.8 Å². The zero-order chi connectivity index (χ0) is 18.4. The fourth-order valence-corrected chi connectivity index (χ4v) is 3.94. The second-order valence-corrected chi connectivity index (χ2v) is 6.90. The van der Waals surface area contributed by atoms with Crippen LogP contribution < -0.4 is 4.74 Å². The van der Waals surface area contributed by atoms with Crippen LogP contribution in [0.1, 0.15) is 17.8 Å². The average Bonchev–Trinajstić information content (AvgIpc) is 3.28. The number of aromatic nitrogens is 4. The Labute approximate surface area is 157 Å².